The van der Waals surface area contributed by atoms with E-state index in [1.807, 2.05) is 0 Å². The van der Waals surface area contributed by atoms with Crippen molar-refractivity contribution in [1.82, 2.24) is 4.57 Å². The van der Waals surface area contributed by atoms with Gasteiger partial charge in [-0.15, -0.1) is 0 Å². The van der Waals surface area contributed by atoms with Crippen molar-refractivity contribution in [2.45, 2.75) is 17.9 Å². The van der Waals surface area contributed by atoms with Crippen LogP contribution in [-0.2, 0) is 37.3 Å². The summed E-state index contributed by atoms with van der Waals surface area (Å²) in [5.41, 5.74) is 1.18. The van der Waals surface area contributed by atoms with Gasteiger partial charge in [0.15, 0.2) is 16.3 Å². The third kappa shape index (κ3) is 5.15. The Bertz CT molecular complexity index is 1360. The van der Waals surface area contributed by atoms with Gasteiger partial charge in [-0.1, -0.05) is 17.4 Å². The molecule has 3 rings (SSSR count). The van der Waals surface area contributed by atoms with E-state index in [1.165, 1.54) is 44.1 Å². The van der Waals surface area contributed by atoms with E-state index in [2.05, 4.69) is 4.99 Å². The van der Waals surface area contributed by atoms with E-state index in [0.29, 0.717) is 27.3 Å². The van der Waals surface area contributed by atoms with Crippen molar-refractivity contribution < 1.29 is 32.2 Å². The van der Waals surface area contributed by atoms with Crippen molar-refractivity contribution in [2.24, 2.45) is 10.1 Å². The molecule has 170 valence electrons. The lowest BCUT2D eigenvalue weighted by Crippen LogP contribution is -2.22. The molecule has 1 heterocycles. The van der Waals surface area contributed by atoms with Crippen molar-refractivity contribution >= 4 is 43.5 Å². The van der Waals surface area contributed by atoms with Gasteiger partial charge in [-0.05, 0) is 35.9 Å². The zero-order valence-corrected chi connectivity index (χ0v) is 19.2. The number of esters is 1. The average molecular weight is 480 g/mol. The molecule has 0 fully saturated rings. The van der Waals surface area contributed by atoms with Crippen LogP contribution in [0.1, 0.15) is 5.56 Å². The summed E-state index contributed by atoms with van der Waals surface area (Å²) < 4.78 is 40.5. The maximum atomic E-state index is 12.7. The highest BCUT2D eigenvalue weighted by molar-refractivity contribution is 7.89. The number of nitrogens with two attached hydrogens (primary N) is 1. The zero-order valence-electron chi connectivity index (χ0n) is 17.5. The van der Waals surface area contributed by atoms with Crippen LogP contribution in [0.4, 0.5) is 0 Å². The summed E-state index contributed by atoms with van der Waals surface area (Å²) in [6.45, 7) is -0.201. The van der Waals surface area contributed by atoms with Crippen LogP contribution in [0.25, 0.3) is 10.2 Å². The quantitative estimate of drug-likeness (QED) is 0.503. The second-order valence-electron chi connectivity index (χ2n) is 6.59. The maximum absolute atomic E-state index is 12.7. The lowest BCUT2D eigenvalue weighted by Gasteiger charge is -2.08. The Hall–Kier alpha value is -3.22. The number of methoxy groups -OCH3 is 3. The Morgan fingerprint density at radius 2 is 1.78 bits per heavy atom. The molecule has 0 spiro atoms. The van der Waals surface area contributed by atoms with Crippen LogP contribution in [0.2, 0.25) is 0 Å². The Balaban J connectivity index is 2.04. The number of hydrogen-bond donors (Lipinski definition) is 1. The summed E-state index contributed by atoms with van der Waals surface area (Å²) in [6, 6.07) is 9.30. The molecule has 1 aromatic heterocycles. The minimum absolute atomic E-state index is 0.0186. The number of carbonyl (C=O) groups is 2. The van der Waals surface area contributed by atoms with E-state index < -0.39 is 21.9 Å². The first-order valence-corrected chi connectivity index (χ1v) is 11.5. The van der Waals surface area contributed by atoms with Crippen LogP contribution in [-0.4, -0.2) is 46.2 Å². The highest BCUT2D eigenvalue weighted by Gasteiger charge is 2.16. The number of fused-ring (bicyclic) bond motifs is 1. The topological polar surface area (TPSA) is 139 Å². The molecule has 0 radical (unpaired) electrons. The molecule has 0 saturated heterocycles. The van der Waals surface area contributed by atoms with Crippen molar-refractivity contribution in [1.29, 1.82) is 0 Å². The number of rotatable bonds is 7. The van der Waals surface area contributed by atoms with Gasteiger partial charge < -0.3 is 18.8 Å². The van der Waals surface area contributed by atoms with Crippen molar-refractivity contribution in [2.75, 3.05) is 21.3 Å². The number of thiazole rings is 1. The van der Waals surface area contributed by atoms with Crippen molar-refractivity contribution in [3.63, 3.8) is 0 Å². The van der Waals surface area contributed by atoms with Gasteiger partial charge >= 0.3 is 5.97 Å². The number of primary sulfonamides is 1. The first-order chi connectivity index (χ1) is 15.2. The van der Waals surface area contributed by atoms with Gasteiger partial charge in [-0.2, -0.15) is 4.99 Å². The largest absolute Gasteiger partial charge is 0.493 e. The van der Waals surface area contributed by atoms with Gasteiger partial charge in [0.05, 0.1) is 42.9 Å². The molecule has 3 aromatic rings. The predicted octanol–water partition coefficient (Wildman–Crippen LogP) is 1.21. The SMILES string of the molecule is COC(=O)Cn1c(=NC(=O)Cc2ccc(OC)c(OC)c2)sc2cc(S(N)(=O)=O)ccc21. The first kappa shape index (κ1) is 23.4. The first-order valence-electron chi connectivity index (χ1n) is 9.17. The van der Waals surface area contributed by atoms with E-state index in [4.69, 9.17) is 19.3 Å². The molecule has 0 bridgehead atoms. The molecule has 32 heavy (non-hydrogen) atoms. The average Bonchev–Trinajstić information content (AvgIpc) is 3.08. The molecular formula is C20H21N3O7S2. The molecule has 10 nitrogen and oxygen atoms in total. The third-order valence-corrected chi connectivity index (χ3v) is 6.47. The number of hydrogen-bond acceptors (Lipinski definition) is 8. The summed E-state index contributed by atoms with van der Waals surface area (Å²) in [4.78, 5) is 28.9. The predicted molar refractivity (Wildman–Crippen MR) is 117 cm³/mol. The molecule has 0 aliphatic carbocycles. The fourth-order valence-corrected chi connectivity index (χ4v) is 4.67. The zero-order chi connectivity index (χ0) is 23.5. The molecule has 2 aromatic carbocycles. The molecule has 12 heteroatoms. The minimum atomic E-state index is -3.92. The monoisotopic (exact) mass is 479 g/mol. The van der Waals surface area contributed by atoms with Gasteiger partial charge in [0.25, 0.3) is 5.91 Å². The highest BCUT2D eigenvalue weighted by Crippen LogP contribution is 2.28. The van der Waals surface area contributed by atoms with E-state index in [0.717, 1.165) is 11.3 Å². The Morgan fingerprint density at radius 1 is 1.06 bits per heavy atom. The lowest BCUT2D eigenvalue weighted by atomic mass is 10.1. The molecule has 0 unspecified atom stereocenters. The number of benzene rings is 2. The number of nitrogens with zero attached hydrogens (tertiary/aromatic N) is 2. The van der Waals surface area contributed by atoms with Crippen LogP contribution < -0.4 is 19.4 Å². The van der Waals surface area contributed by atoms with Gasteiger partial charge in [0.1, 0.15) is 6.54 Å². The van der Waals surface area contributed by atoms with Crippen LogP contribution in [0.15, 0.2) is 46.3 Å². The smallest absolute Gasteiger partial charge is 0.325 e. The number of sulfonamides is 1. The van der Waals surface area contributed by atoms with Crippen LogP contribution in [0.5, 0.6) is 11.5 Å². The molecular weight excluding hydrogens is 458 g/mol. The number of amides is 1. The van der Waals surface area contributed by atoms with Crippen LogP contribution in [0.3, 0.4) is 0 Å². The highest BCUT2D eigenvalue weighted by atomic mass is 32.2. The summed E-state index contributed by atoms with van der Waals surface area (Å²) >= 11 is 1.06. The fourth-order valence-electron chi connectivity index (χ4n) is 2.97. The molecule has 2 N–H and O–H groups in total. The van der Waals surface area contributed by atoms with Crippen molar-refractivity contribution in [3.8, 4) is 11.5 Å². The Kier molecular flexibility index (Phi) is 6.96. The van der Waals surface area contributed by atoms with Crippen molar-refractivity contribution in [3.05, 3.63) is 46.8 Å². The standard InChI is InChI=1S/C20H21N3O7S2/c1-28-15-7-4-12(8-16(15)29-2)9-18(24)22-20-23(11-19(25)30-3)14-6-5-13(32(21,26)27)10-17(14)31-20/h4-8,10H,9,11H2,1-3H3,(H2,21,26,27). The van der Waals surface area contributed by atoms with E-state index in [1.54, 1.807) is 18.2 Å². The fraction of sp³-hybridized carbons (Fsp3) is 0.250. The summed E-state index contributed by atoms with van der Waals surface area (Å²) in [5.74, 6) is 0.00531. The lowest BCUT2D eigenvalue weighted by molar-refractivity contribution is -0.141. The molecule has 0 aliphatic heterocycles. The summed E-state index contributed by atoms with van der Waals surface area (Å²) in [6.07, 6.45) is -0.0186. The number of carbonyl (C=O) groups excluding carboxylic acids is 2. The molecule has 0 aliphatic rings. The molecule has 0 atom stereocenters. The molecule has 0 saturated carbocycles. The van der Waals surface area contributed by atoms with E-state index in [-0.39, 0.29) is 22.7 Å². The van der Waals surface area contributed by atoms with Gasteiger partial charge in [-0.25, -0.2) is 13.6 Å². The third-order valence-electron chi connectivity index (χ3n) is 4.52. The second kappa shape index (κ2) is 9.51. The summed E-state index contributed by atoms with van der Waals surface area (Å²) in [7, 11) is 0.341. The number of ether oxygens (including phenoxy) is 3. The van der Waals surface area contributed by atoms with Crippen LogP contribution >= 0.6 is 11.3 Å². The number of aromatic nitrogens is 1. The normalized spacial score (nSPS) is 12.1. The van der Waals surface area contributed by atoms with E-state index >= 15 is 0 Å². The molecule has 1 amide bonds. The minimum Gasteiger partial charge on any atom is -0.493 e. The van der Waals surface area contributed by atoms with Crippen LogP contribution in [0, 0.1) is 0 Å². The second-order valence-corrected chi connectivity index (χ2v) is 9.16. The van der Waals surface area contributed by atoms with Gasteiger partial charge in [-0.3, -0.25) is 9.59 Å². The Morgan fingerprint density at radius 3 is 2.41 bits per heavy atom. The van der Waals surface area contributed by atoms with Gasteiger partial charge in [0, 0.05) is 0 Å². The van der Waals surface area contributed by atoms with E-state index in [9.17, 15) is 18.0 Å². The van der Waals surface area contributed by atoms with Gasteiger partial charge in [0.2, 0.25) is 10.0 Å². The Labute approximate surface area is 187 Å². The summed E-state index contributed by atoms with van der Waals surface area (Å²) in [5, 5.41) is 5.21. The maximum Gasteiger partial charge on any atom is 0.325 e.